The highest BCUT2D eigenvalue weighted by atomic mass is 16.3. The van der Waals surface area contributed by atoms with E-state index in [0.29, 0.717) is 18.8 Å². The first-order valence-electron chi connectivity index (χ1n) is 9.50. The zero-order chi connectivity index (χ0) is 19.2. The van der Waals surface area contributed by atoms with Crippen LogP contribution in [0.3, 0.4) is 0 Å². The van der Waals surface area contributed by atoms with Crippen molar-refractivity contribution in [2.45, 2.75) is 19.4 Å². The molecule has 140 valence electrons. The lowest BCUT2D eigenvalue weighted by Crippen LogP contribution is -2.32. The largest absolute Gasteiger partial charge is 0.467 e. The number of rotatable bonds is 7. The summed E-state index contributed by atoms with van der Waals surface area (Å²) in [4.78, 5) is 19.6. The van der Waals surface area contributed by atoms with Gasteiger partial charge in [0.15, 0.2) is 0 Å². The molecule has 4 rings (SSSR count). The molecule has 2 aromatic heterocycles. The summed E-state index contributed by atoms with van der Waals surface area (Å²) < 4.78 is 5.49. The molecular weight excluding hydrogens is 348 g/mol. The lowest BCUT2D eigenvalue weighted by atomic mass is 10.1. The van der Waals surface area contributed by atoms with Gasteiger partial charge in [0.2, 0.25) is 0 Å². The molecule has 0 radical (unpaired) electrons. The van der Waals surface area contributed by atoms with E-state index in [1.165, 1.54) is 5.56 Å². The number of benzene rings is 2. The van der Waals surface area contributed by atoms with E-state index in [2.05, 4.69) is 17.1 Å². The van der Waals surface area contributed by atoms with Gasteiger partial charge in [-0.25, -0.2) is 0 Å². The zero-order valence-corrected chi connectivity index (χ0v) is 15.6. The first-order chi connectivity index (χ1) is 13.8. The highest BCUT2D eigenvalue weighted by Gasteiger charge is 2.20. The zero-order valence-electron chi connectivity index (χ0n) is 15.6. The van der Waals surface area contributed by atoms with E-state index in [4.69, 9.17) is 4.42 Å². The van der Waals surface area contributed by atoms with Crippen molar-refractivity contribution in [1.29, 1.82) is 0 Å². The number of hydrogen-bond donors (Lipinski definition) is 0. The second kappa shape index (κ2) is 8.53. The van der Waals surface area contributed by atoms with E-state index in [1.54, 1.807) is 12.5 Å². The maximum absolute atomic E-state index is 13.3. The van der Waals surface area contributed by atoms with Gasteiger partial charge in [-0.05, 0) is 42.0 Å². The van der Waals surface area contributed by atoms with Gasteiger partial charge in [-0.3, -0.25) is 9.78 Å². The molecule has 0 bridgehead atoms. The molecule has 4 aromatic rings. The number of furan rings is 1. The summed E-state index contributed by atoms with van der Waals surface area (Å²) in [5.41, 5.74) is 1.76. The number of carbonyl (C=O) groups excluding carboxylic acids is 1. The molecule has 0 saturated carbocycles. The Kier molecular flexibility index (Phi) is 5.48. The van der Waals surface area contributed by atoms with Gasteiger partial charge in [0.1, 0.15) is 11.5 Å². The number of pyridine rings is 1. The lowest BCUT2D eigenvalue weighted by Gasteiger charge is -2.22. The van der Waals surface area contributed by atoms with E-state index in [9.17, 15) is 4.79 Å². The van der Waals surface area contributed by atoms with Crippen molar-refractivity contribution in [3.05, 3.63) is 102 Å². The van der Waals surface area contributed by atoms with E-state index in [-0.39, 0.29) is 5.91 Å². The molecule has 4 nitrogen and oxygen atoms in total. The third-order valence-corrected chi connectivity index (χ3v) is 4.83. The fraction of sp³-hybridized carbons (Fsp3) is 0.167. The van der Waals surface area contributed by atoms with Gasteiger partial charge in [0.25, 0.3) is 5.91 Å². The molecule has 2 heterocycles. The molecule has 0 unspecified atom stereocenters. The summed E-state index contributed by atoms with van der Waals surface area (Å²) in [7, 11) is 0. The van der Waals surface area contributed by atoms with Crippen LogP contribution in [-0.2, 0) is 13.0 Å². The Morgan fingerprint density at radius 2 is 1.75 bits per heavy atom. The van der Waals surface area contributed by atoms with Crippen LogP contribution in [0.25, 0.3) is 10.8 Å². The molecule has 0 aliphatic heterocycles. The van der Waals surface area contributed by atoms with Crippen molar-refractivity contribution in [2.24, 2.45) is 0 Å². The van der Waals surface area contributed by atoms with Crippen molar-refractivity contribution >= 4 is 16.7 Å². The number of hydrogen-bond acceptors (Lipinski definition) is 3. The van der Waals surface area contributed by atoms with Crippen molar-refractivity contribution in [3.8, 4) is 0 Å². The van der Waals surface area contributed by atoms with Crippen LogP contribution in [0.5, 0.6) is 0 Å². The SMILES string of the molecule is O=C(c1nccc2ccccc12)N(CCCc1ccccc1)Cc1ccco1. The van der Waals surface area contributed by atoms with Crippen LogP contribution in [0.15, 0.2) is 89.7 Å². The van der Waals surface area contributed by atoms with E-state index in [0.717, 1.165) is 29.4 Å². The first kappa shape index (κ1) is 18.0. The molecule has 0 saturated heterocycles. The predicted octanol–water partition coefficient (Wildman–Crippen LogP) is 5.10. The molecule has 0 N–H and O–H groups in total. The number of nitrogens with zero attached hydrogens (tertiary/aromatic N) is 2. The molecule has 0 aliphatic carbocycles. The maximum Gasteiger partial charge on any atom is 0.273 e. The minimum Gasteiger partial charge on any atom is -0.467 e. The summed E-state index contributed by atoms with van der Waals surface area (Å²) >= 11 is 0. The Morgan fingerprint density at radius 1 is 0.929 bits per heavy atom. The summed E-state index contributed by atoms with van der Waals surface area (Å²) in [6.45, 7) is 1.07. The maximum atomic E-state index is 13.3. The summed E-state index contributed by atoms with van der Waals surface area (Å²) in [6, 6.07) is 23.9. The minimum absolute atomic E-state index is 0.0683. The van der Waals surface area contributed by atoms with Crippen molar-refractivity contribution in [1.82, 2.24) is 9.88 Å². The summed E-state index contributed by atoms with van der Waals surface area (Å²) in [5, 5.41) is 1.89. The Hall–Kier alpha value is -3.40. The van der Waals surface area contributed by atoms with E-state index < -0.39 is 0 Å². The molecule has 0 spiro atoms. The fourth-order valence-corrected chi connectivity index (χ4v) is 3.40. The number of carbonyl (C=O) groups is 1. The molecule has 0 fully saturated rings. The Morgan fingerprint density at radius 3 is 2.57 bits per heavy atom. The average molecular weight is 370 g/mol. The number of aryl methyl sites for hydroxylation is 1. The predicted molar refractivity (Wildman–Crippen MR) is 110 cm³/mol. The molecular formula is C24H22N2O2. The number of amides is 1. The normalized spacial score (nSPS) is 10.9. The fourth-order valence-electron chi connectivity index (χ4n) is 3.40. The molecule has 0 aliphatic rings. The molecule has 4 heteroatoms. The molecule has 28 heavy (non-hydrogen) atoms. The Labute approximate surface area is 164 Å². The van der Waals surface area contributed by atoms with E-state index in [1.807, 2.05) is 65.6 Å². The van der Waals surface area contributed by atoms with Gasteiger partial charge in [-0.15, -0.1) is 0 Å². The van der Waals surface area contributed by atoms with Gasteiger partial charge in [0.05, 0.1) is 12.8 Å². The topological polar surface area (TPSA) is 46.3 Å². The quantitative estimate of drug-likeness (QED) is 0.454. The number of fused-ring (bicyclic) bond motifs is 1. The minimum atomic E-state index is -0.0683. The van der Waals surface area contributed by atoms with E-state index >= 15 is 0 Å². The van der Waals surface area contributed by atoms with Gasteiger partial charge in [0, 0.05) is 18.1 Å². The summed E-state index contributed by atoms with van der Waals surface area (Å²) in [5.74, 6) is 0.703. The smallest absolute Gasteiger partial charge is 0.273 e. The van der Waals surface area contributed by atoms with Gasteiger partial charge in [-0.2, -0.15) is 0 Å². The van der Waals surface area contributed by atoms with Gasteiger partial charge in [-0.1, -0.05) is 54.6 Å². The average Bonchev–Trinajstić information content (AvgIpc) is 3.26. The van der Waals surface area contributed by atoms with Crippen LogP contribution in [0, 0.1) is 0 Å². The second-order valence-corrected chi connectivity index (χ2v) is 6.78. The van der Waals surface area contributed by atoms with Crippen molar-refractivity contribution in [2.75, 3.05) is 6.54 Å². The standard InChI is InChI=1S/C24H22N2O2/c27-24(23-22-13-5-4-11-20(22)14-15-25-23)26(18-21-12-7-17-28-21)16-6-10-19-8-2-1-3-9-19/h1-5,7-9,11-15,17H,6,10,16,18H2. The number of aromatic nitrogens is 1. The third kappa shape index (κ3) is 4.12. The van der Waals surface area contributed by atoms with Crippen molar-refractivity contribution < 1.29 is 9.21 Å². The highest BCUT2D eigenvalue weighted by Crippen LogP contribution is 2.19. The highest BCUT2D eigenvalue weighted by molar-refractivity contribution is 6.05. The van der Waals surface area contributed by atoms with Gasteiger partial charge >= 0.3 is 0 Å². The van der Waals surface area contributed by atoms with Gasteiger partial charge < -0.3 is 9.32 Å². The molecule has 2 aromatic carbocycles. The second-order valence-electron chi connectivity index (χ2n) is 6.78. The van der Waals surface area contributed by atoms with Crippen LogP contribution in [0.2, 0.25) is 0 Å². The van der Waals surface area contributed by atoms with Crippen LogP contribution >= 0.6 is 0 Å². The Bertz CT molecular complexity index is 1040. The van der Waals surface area contributed by atoms with Crippen LogP contribution in [0.1, 0.15) is 28.2 Å². The monoisotopic (exact) mass is 370 g/mol. The van der Waals surface area contributed by atoms with Crippen molar-refractivity contribution in [3.63, 3.8) is 0 Å². The van der Waals surface area contributed by atoms with Crippen LogP contribution in [0.4, 0.5) is 0 Å². The van der Waals surface area contributed by atoms with Crippen LogP contribution in [-0.4, -0.2) is 22.3 Å². The lowest BCUT2D eigenvalue weighted by molar-refractivity contribution is 0.0725. The molecule has 1 amide bonds. The first-order valence-corrected chi connectivity index (χ1v) is 9.50. The molecule has 0 atom stereocenters. The third-order valence-electron chi connectivity index (χ3n) is 4.83. The Balaban J connectivity index is 1.56. The summed E-state index contributed by atoms with van der Waals surface area (Å²) in [6.07, 6.45) is 5.13. The van der Waals surface area contributed by atoms with Crippen LogP contribution < -0.4 is 0 Å².